The van der Waals surface area contributed by atoms with Crippen LogP contribution in [-0.4, -0.2) is 39.0 Å². The summed E-state index contributed by atoms with van der Waals surface area (Å²) in [7, 11) is 2.90. The van der Waals surface area contributed by atoms with Crippen LogP contribution in [0.4, 0.5) is 20.2 Å². The van der Waals surface area contributed by atoms with Crippen molar-refractivity contribution in [1.29, 1.82) is 0 Å². The van der Waals surface area contributed by atoms with Crippen LogP contribution in [-0.2, 0) is 14.3 Å². The van der Waals surface area contributed by atoms with E-state index in [1.165, 1.54) is 19.1 Å². The third-order valence-corrected chi connectivity index (χ3v) is 3.49. The molecule has 0 spiro atoms. The Morgan fingerprint density at radius 2 is 1.90 bits per heavy atom. The minimum absolute atomic E-state index is 0.0993. The molecule has 116 valence electrons. The molecule has 0 aliphatic carbocycles. The summed E-state index contributed by atoms with van der Waals surface area (Å²) in [5.41, 5.74) is 0.661. The highest BCUT2D eigenvalue weighted by Gasteiger charge is 2.33. The van der Waals surface area contributed by atoms with Gasteiger partial charge in [-0.2, -0.15) is 0 Å². The Balaban J connectivity index is 2.42. The van der Waals surface area contributed by atoms with Gasteiger partial charge >= 0.3 is 0 Å². The molecule has 0 aromatic heterocycles. The lowest BCUT2D eigenvalue weighted by Gasteiger charge is -2.36. The van der Waals surface area contributed by atoms with E-state index in [-0.39, 0.29) is 18.1 Å². The molecule has 2 rings (SSSR count). The highest BCUT2D eigenvalue weighted by Crippen LogP contribution is 2.34. The Morgan fingerprint density at radius 3 is 2.48 bits per heavy atom. The SMILES string of the molecule is CCC1Nc2cc(F)c(F)cc2N(CC(OC)OC)C1=O. The number of nitrogens with zero attached hydrogens (tertiary/aromatic N) is 1. The molecule has 1 aliphatic rings. The molecule has 0 radical (unpaired) electrons. The number of nitrogens with one attached hydrogen (secondary N) is 1. The molecule has 5 nitrogen and oxygen atoms in total. The van der Waals surface area contributed by atoms with E-state index < -0.39 is 24.0 Å². The van der Waals surface area contributed by atoms with Crippen molar-refractivity contribution in [3.63, 3.8) is 0 Å². The Hall–Kier alpha value is -1.73. The van der Waals surface area contributed by atoms with E-state index in [1.807, 2.05) is 6.92 Å². The zero-order chi connectivity index (χ0) is 15.6. The molecule has 1 unspecified atom stereocenters. The second-order valence-electron chi connectivity index (χ2n) is 4.74. The Labute approximate surface area is 121 Å². The quantitative estimate of drug-likeness (QED) is 0.846. The average molecular weight is 300 g/mol. The molecular weight excluding hydrogens is 282 g/mol. The molecular formula is C14H18F2N2O3. The van der Waals surface area contributed by atoms with Gasteiger partial charge in [0, 0.05) is 26.4 Å². The van der Waals surface area contributed by atoms with Crippen molar-refractivity contribution < 1.29 is 23.0 Å². The molecule has 1 amide bonds. The van der Waals surface area contributed by atoms with E-state index in [9.17, 15) is 13.6 Å². The number of anilines is 2. The number of amides is 1. The van der Waals surface area contributed by atoms with Gasteiger partial charge in [0.15, 0.2) is 17.9 Å². The maximum Gasteiger partial charge on any atom is 0.249 e. The number of benzene rings is 1. The van der Waals surface area contributed by atoms with Gasteiger partial charge in [-0.15, -0.1) is 0 Å². The number of fused-ring (bicyclic) bond motifs is 1. The molecule has 1 aromatic rings. The lowest BCUT2D eigenvalue weighted by atomic mass is 10.1. The first-order valence-corrected chi connectivity index (χ1v) is 6.64. The van der Waals surface area contributed by atoms with Crippen molar-refractivity contribution in [2.45, 2.75) is 25.7 Å². The number of ether oxygens (including phenoxy) is 2. The fourth-order valence-corrected chi connectivity index (χ4v) is 2.29. The van der Waals surface area contributed by atoms with Crippen LogP contribution in [0.2, 0.25) is 0 Å². The minimum atomic E-state index is -1.00. The number of hydrogen-bond acceptors (Lipinski definition) is 4. The largest absolute Gasteiger partial charge is 0.372 e. The zero-order valence-electron chi connectivity index (χ0n) is 12.2. The van der Waals surface area contributed by atoms with Crippen LogP contribution in [0.5, 0.6) is 0 Å². The normalized spacial score (nSPS) is 17.9. The maximum atomic E-state index is 13.5. The van der Waals surface area contributed by atoms with E-state index in [0.717, 1.165) is 12.1 Å². The molecule has 1 aliphatic heterocycles. The van der Waals surface area contributed by atoms with E-state index >= 15 is 0 Å². The third-order valence-electron chi connectivity index (χ3n) is 3.49. The third kappa shape index (κ3) is 2.98. The molecule has 0 bridgehead atoms. The van der Waals surface area contributed by atoms with Gasteiger partial charge in [-0.3, -0.25) is 4.79 Å². The molecule has 0 fully saturated rings. The fourth-order valence-electron chi connectivity index (χ4n) is 2.29. The molecule has 0 saturated heterocycles. The van der Waals surface area contributed by atoms with Crippen molar-refractivity contribution in [3.05, 3.63) is 23.8 Å². The molecule has 1 atom stereocenters. The molecule has 1 heterocycles. The predicted molar refractivity (Wildman–Crippen MR) is 74.2 cm³/mol. The van der Waals surface area contributed by atoms with Gasteiger partial charge in [-0.05, 0) is 6.42 Å². The Bertz CT molecular complexity index is 535. The van der Waals surface area contributed by atoms with E-state index in [4.69, 9.17) is 9.47 Å². The molecule has 7 heteroatoms. The number of rotatable bonds is 5. The summed E-state index contributed by atoms with van der Waals surface area (Å²) in [6.07, 6.45) is -0.121. The van der Waals surface area contributed by atoms with Crippen LogP contribution in [0.3, 0.4) is 0 Å². The van der Waals surface area contributed by atoms with Crippen molar-refractivity contribution in [2.75, 3.05) is 31.0 Å². The van der Waals surface area contributed by atoms with Gasteiger partial charge in [0.1, 0.15) is 6.04 Å². The van der Waals surface area contributed by atoms with Gasteiger partial charge in [-0.25, -0.2) is 8.78 Å². The van der Waals surface area contributed by atoms with Gasteiger partial charge in [0.2, 0.25) is 5.91 Å². The van der Waals surface area contributed by atoms with Crippen molar-refractivity contribution >= 4 is 17.3 Å². The first-order chi connectivity index (χ1) is 10.0. The van der Waals surface area contributed by atoms with Crippen LogP contribution in [0.25, 0.3) is 0 Å². The van der Waals surface area contributed by atoms with Gasteiger partial charge in [0.25, 0.3) is 0 Å². The van der Waals surface area contributed by atoms with Crippen LogP contribution in [0.15, 0.2) is 12.1 Å². The molecule has 0 saturated carbocycles. The summed E-state index contributed by atoms with van der Waals surface area (Å²) >= 11 is 0. The lowest BCUT2D eigenvalue weighted by molar-refractivity contribution is -0.124. The Kier molecular flexibility index (Phi) is 4.74. The van der Waals surface area contributed by atoms with Gasteiger partial charge < -0.3 is 19.7 Å². The highest BCUT2D eigenvalue weighted by molar-refractivity contribution is 6.04. The van der Waals surface area contributed by atoms with Crippen LogP contribution < -0.4 is 10.2 Å². The smallest absolute Gasteiger partial charge is 0.249 e. The first kappa shape index (κ1) is 15.7. The number of carbonyl (C=O) groups is 1. The van der Waals surface area contributed by atoms with Crippen molar-refractivity contribution in [1.82, 2.24) is 0 Å². The van der Waals surface area contributed by atoms with Crippen LogP contribution in [0.1, 0.15) is 13.3 Å². The predicted octanol–water partition coefficient (Wildman–Crippen LogP) is 2.12. The fraction of sp³-hybridized carbons (Fsp3) is 0.500. The Morgan fingerprint density at radius 1 is 1.29 bits per heavy atom. The summed E-state index contributed by atoms with van der Waals surface area (Å²) in [5.74, 6) is -2.19. The summed E-state index contributed by atoms with van der Waals surface area (Å²) in [6.45, 7) is 1.94. The van der Waals surface area contributed by atoms with E-state index in [0.29, 0.717) is 12.1 Å². The monoisotopic (exact) mass is 300 g/mol. The van der Waals surface area contributed by atoms with Gasteiger partial charge in [0.05, 0.1) is 17.9 Å². The average Bonchev–Trinajstić information content (AvgIpc) is 2.48. The van der Waals surface area contributed by atoms with Gasteiger partial charge in [-0.1, -0.05) is 6.92 Å². The topological polar surface area (TPSA) is 50.8 Å². The lowest BCUT2D eigenvalue weighted by Crippen LogP contribution is -2.50. The second kappa shape index (κ2) is 6.36. The van der Waals surface area contributed by atoms with E-state index in [1.54, 1.807) is 0 Å². The standard InChI is InChI=1S/C14H18F2N2O3/c1-4-10-14(19)18(7-13(20-2)21-3)12-6-9(16)8(15)5-11(12)17-10/h5-6,10,13,17H,4,7H2,1-3H3. The maximum absolute atomic E-state index is 13.5. The molecule has 21 heavy (non-hydrogen) atoms. The number of halogens is 2. The summed E-state index contributed by atoms with van der Waals surface area (Å²) in [6, 6.07) is 1.57. The molecule has 1 aromatic carbocycles. The summed E-state index contributed by atoms with van der Waals surface area (Å²) < 4.78 is 37.0. The highest BCUT2D eigenvalue weighted by atomic mass is 19.2. The number of methoxy groups -OCH3 is 2. The second-order valence-corrected chi connectivity index (χ2v) is 4.74. The number of carbonyl (C=O) groups excluding carboxylic acids is 1. The van der Waals surface area contributed by atoms with Crippen LogP contribution >= 0.6 is 0 Å². The van der Waals surface area contributed by atoms with Crippen LogP contribution in [0, 0.1) is 11.6 Å². The minimum Gasteiger partial charge on any atom is -0.372 e. The first-order valence-electron chi connectivity index (χ1n) is 6.64. The van der Waals surface area contributed by atoms with Crippen molar-refractivity contribution in [3.8, 4) is 0 Å². The summed E-state index contributed by atoms with van der Waals surface area (Å²) in [5, 5.41) is 2.92. The van der Waals surface area contributed by atoms with Crippen molar-refractivity contribution in [2.24, 2.45) is 0 Å². The number of hydrogen-bond donors (Lipinski definition) is 1. The zero-order valence-corrected chi connectivity index (χ0v) is 12.2. The summed E-state index contributed by atoms with van der Waals surface area (Å²) in [4.78, 5) is 13.8. The van der Waals surface area contributed by atoms with E-state index in [2.05, 4.69) is 5.32 Å². The molecule has 1 N–H and O–H groups in total.